The molecule has 1 aromatic rings. The van der Waals surface area contributed by atoms with E-state index in [0.717, 1.165) is 25.7 Å². The Bertz CT molecular complexity index is 659. The van der Waals surface area contributed by atoms with Crippen LogP contribution in [0.5, 0.6) is 0 Å². The van der Waals surface area contributed by atoms with Gasteiger partial charge in [0.15, 0.2) is 0 Å². The number of hydrogen-bond acceptors (Lipinski definition) is 3. The Hall–Kier alpha value is -0.180. The maximum absolute atomic E-state index is 12.2. The molecule has 0 bridgehead atoms. The first-order chi connectivity index (χ1) is 12.2. The van der Waals surface area contributed by atoms with E-state index in [0.29, 0.717) is 34.9 Å². The predicted molar refractivity (Wildman–Crippen MR) is 128 cm³/mol. The average Bonchev–Trinajstić information content (AvgIpc) is 2.58. The lowest BCUT2D eigenvalue weighted by atomic mass is 10.1. The number of benzene rings is 1. The molecule has 0 atom stereocenters. The molecule has 0 fully saturated rings. The SMILES string of the molecule is CCCCC(=O)Nc1c(I)c(NC(=O)CCCC)c(I)c(C(=O)O)c1I. The highest BCUT2D eigenvalue weighted by Gasteiger charge is 2.26. The molecule has 0 saturated carbocycles. The van der Waals surface area contributed by atoms with E-state index in [-0.39, 0.29) is 17.4 Å². The van der Waals surface area contributed by atoms with E-state index in [9.17, 15) is 19.5 Å². The van der Waals surface area contributed by atoms with Gasteiger partial charge in [0.1, 0.15) is 0 Å². The zero-order valence-electron chi connectivity index (χ0n) is 14.5. The molecule has 0 heterocycles. The summed E-state index contributed by atoms with van der Waals surface area (Å²) in [5, 5.41) is 15.2. The molecule has 0 aliphatic carbocycles. The van der Waals surface area contributed by atoms with Crippen LogP contribution in [0.2, 0.25) is 0 Å². The molecule has 0 radical (unpaired) electrons. The Kier molecular flexibility index (Phi) is 10.7. The number of hydrogen-bond donors (Lipinski definition) is 3. The van der Waals surface area contributed by atoms with Crippen LogP contribution in [0, 0.1) is 10.7 Å². The van der Waals surface area contributed by atoms with Crippen molar-refractivity contribution in [2.45, 2.75) is 52.4 Å². The van der Waals surface area contributed by atoms with Crippen molar-refractivity contribution in [2.24, 2.45) is 0 Å². The maximum Gasteiger partial charge on any atom is 0.338 e. The maximum atomic E-state index is 12.2. The van der Waals surface area contributed by atoms with Crippen LogP contribution in [-0.4, -0.2) is 22.9 Å². The molecule has 26 heavy (non-hydrogen) atoms. The molecule has 144 valence electrons. The first kappa shape index (κ1) is 23.9. The number of carboxylic acids is 1. The van der Waals surface area contributed by atoms with Gasteiger partial charge in [-0.25, -0.2) is 4.79 Å². The van der Waals surface area contributed by atoms with E-state index < -0.39 is 5.97 Å². The zero-order chi connectivity index (χ0) is 19.9. The Morgan fingerprint density at radius 3 is 1.50 bits per heavy atom. The van der Waals surface area contributed by atoms with Crippen molar-refractivity contribution in [1.82, 2.24) is 0 Å². The Balaban J connectivity index is 3.34. The van der Waals surface area contributed by atoms with Gasteiger partial charge in [-0.3, -0.25) is 9.59 Å². The Morgan fingerprint density at radius 2 is 1.19 bits per heavy atom. The summed E-state index contributed by atoms with van der Waals surface area (Å²) in [7, 11) is 0. The fraction of sp³-hybridized carbons (Fsp3) is 0.471. The molecular formula is C17H21I3N2O4. The second kappa shape index (κ2) is 11.6. The zero-order valence-corrected chi connectivity index (χ0v) is 21.0. The standard InChI is InChI=1S/C17H21I3N2O4/c1-3-5-7-9(23)21-15-12(18)11(17(25)26)13(19)16(14(15)20)22-10(24)8-6-4-2/h3-8H2,1-2H3,(H,21,23)(H,22,24)(H,25,26). The predicted octanol–water partition coefficient (Wildman–Crippen LogP) is 5.46. The van der Waals surface area contributed by atoms with Crippen LogP contribution in [0.1, 0.15) is 62.7 Å². The van der Waals surface area contributed by atoms with Gasteiger partial charge in [-0.1, -0.05) is 26.7 Å². The highest BCUT2D eigenvalue weighted by atomic mass is 127. The normalized spacial score (nSPS) is 10.5. The third-order valence-electron chi connectivity index (χ3n) is 3.57. The van der Waals surface area contributed by atoms with E-state index in [1.54, 1.807) is 0 Å². The van der Waals surface area contributed by atoms with Gasteiger partial charge in [0.25, 0.3) is 0 Å². The number of unbranched alkanes of at least 4 members (excludes halogenated alkanes) is 2. The lowest BCUT2D eigenvalue weighted by Crippen LogP contribution is -2.20. The summed E-state index contributed by atoms with van der Waals surface area (Å²) < 4.78 is 1.55. The molecule has 3 N–H and O–H groups in total. The third-order valence-corrected chi connectivity index (χ3v) is 6.81. The number of carboxylic acid groups (broad SMARTS) is 1. The summed E-state index contributed by atoms with van der Waals surface area (Å²) in [6, 6.07) is 0. The lowest BCUT2D eigenvalue weighted by Gasteiger charge is -2.19. The smallest absolute Gasteiger partial charge is 0.338 e. The fourth-order valence-corrected chi connectivity index (χ4v) is 6.32. The molecule has 2 amide bonds. The summed E-state index contributed by atoms with van der Waals surface area (Å²) in [6.07, 6.45) is 4.05. The highest BCUT2D eigenvalue weighted by Crippen LogP contribution is 2.39. The van der Waals surface area contributed by atoms with E-state index in [1.165, 1.54) is 0 Å². The molecule has 0 aliphatic heterocycles. The monoisotopic (exact) mass is 698 g/mol. The minimum absolute atomic E-state index is 0.0863. The number of halogens is 3. The molecule has 0 aromatic heterocycles. The number of anilines is 2. The van der Waals surface area contributed by atoms with E-state index in [2.05, 4.69) is 10.6 Å². The van der Waals surface area contributed by atoms with Crippen molar-refractivity contribution >= 4 is 96.9 Å². The van der Waals surface area contributed by atoms with Crippen LogP contribution in [0.25, 0.3) is 0 Å². The van der Waals surface area contributed by atoms with Gasteiger partial charge in [0.05, 0.1) is 27.6 Å². The second-order valence-corrected chi connectivity index (χ2v) is 8.91. The molecule has 0 saturated heterocycles. The van der Waals surface area contributed by atoms with Crippen molar-refractivity contribution in [3.05, 3.63) is 16.3 Å². The average molecular weight is 698 g/mol. The minimum atomic E-state index is -1.09. The molecular weight excluding hydrogens is 677 g/mol. The summed E-state index contributed by atoms with van der Waals surface area (Å²) >= 11 is 5.91. The molecule has 1 aromatic carbocycles. The van der Waals surface area contributed by atoms with Crippen LogP contribution in [0.3, 0.4) is 0 Å². The van der Waals surface area contributed by atoms with E-state index in [4.69, 9.17) is 0 Å². The second-order valence-electron chi connectivity index (χ2n) is 5.68. The largest absolute Gasteiger partial charge is 0.478 e. The lowest BCUT2D eigenvalue weighted by molar-refractivity contribution is -0.117. The van der Waals surface area contributed by atoms with Gasteiger partial charge in [-0.15, -0.1) is 0 Å². The van der Waals surface area contributed by atoms with Crippen LogP contribution in [0.15, 0.2) is 0 Å². The number of aromatic carboxylic acids is 1. The molecule has 0 spiro atoms. The number of carbonyl (C=O) groups excluding carboxylic acids is 2. The van der Waals surface area contributed by atoms with Crippen molar-refractivity contribution in [3.63, 3.8) is 0 Å². The van der Waals surface area contributed by atoms with Gasteiger partial charge < -0.3 is 15.7 Å². The number of amides is 2. The minimum Gasteiger partial charge on any atom is -0.478 e. The first-order valence-corrected chi connectivity index (χ1v) is 11.5. The quantitative estimate of drug-likeness (QED) is 0.299. The van der Waals surface area contributed by atoms with Crippen molar-refractivity contribution in [2.75, 3.05) is 10.6 Å². The van der Waals surface area contributed by atoms with Crippen LogP contribution in [0.4, 0.5) is 11.4 Å². The summed E-state index contributed by atoms with van der Waals surface area (Å²) in [5.41, 5.74) is 0.968. The molecule has 1 rings (SSSR count). The fourth-order valence-electron chi connectivity index (χ4n) is 2.15. The van der Waals surface area contributed by atoms with Crippen LogP contribution in [-0.2, 0) is 9.59 Å². The molecule has 9 heteroatoms. The first-order valence-electron chi connectivity index (χ1n) is 8.27. The van der Waals surface area contributed by atoms with E-state index in [1.807, 2.05) is 81.6 Å². The van der Waals surface area contributed by atoms with Gasteiger partial charge >= 0.3 is 5.97 Å². The number of carbonyl (C=O) groups is 3. The molecule has 0 aliphatic rings. The molecule has 6 nitrogen and oxygen atoms in total. The van der Waals surface area contributed by atoms with Gasteiger partial charge in [0.2, 0.25) is 11.8 Å². The van der Waals surface area contributed by atoms with Gasteiger partial charge in [0, 0.05) is 12.8 Å². The topological polar surface area (TPSA) is 95.5 Å². The van der Waals surface area contributed by atoms with Gasteiger partial charge in [-0.05, 0) is 80.6 Å². The molecule has 0 unspecified atom stereocenters. The Labute approximate surface area is 194 Å². The summed E-state index contributed by atoms with van der Waals surface area (Å²) in [6.45, 7) is 4.00. The van der Waals surface area contributed by atoms with E-state index >= 15 is 0 Å². The van der Waals surface area contributed by atoms with Crippen LogP contribution >= 0.6 is 67.8 Å². The number of nitrogens with one attached hydrogen (secondary N) is 2. The summed E-state index contributed by atoms with van der Waals surface area (Å²) in [4.78, 5) is 36.1. The number of rotatable bonds is 9. The van der Waals surface area contributed by atoms with Crippen molar-refractivity contribution in [1.29, 1.82) is 0 Å². The highest BCUT2D eigenvalue weighted by molar-refractivity contribution is 14.1. The van der Waals surface area contributed by atoms with Crippen molar-refractivity contribution < 1.29 is 19.5 Å². The third kappa shape index (κ3) is 6.46. The van der Waals surface area contributed by atoms with Crippen molar-refractivity contribution in [3.8, 4) is 0 Å². The van der Waals surface area contributed by atoms with Gasteiger partial charge in [-0.2, -0.15) is 0 Å². The van der Waals surface area contributed by atoms with Crippen LogP contribution < -0.4 is 10.6 Å². The Morgan fingerprint density at radius 1 is 0.808 bits per heavy atom. The summed E-state index contributed by atoms with van der Waals surface area (Å²) in [5.74, 6) is -1.42.